The predicted octanol–water partition coefficient (Wildman–Crippen LogP) is 7.81. The van der Waals surface area contributed by atoms with E-state index < -0.39 is 97.8 Å². The minimum absolute atomic E-state index is 0.0227. The second kappa shape index (κ2) is 17.5. The van der Waals surface area contributed by atoms with Crippen LogP contribution >= 0.6 is 0 Å². The molecule has 0 fully saturated rings. The first-order chi connectivity index (χ1) is 26.6. The Morgan fingerprint density at radius 3 is 0.875 bits per heavy atom. The summed E-state index contributed by atoms with van der Waals surface area (Å²) < 4.78 is 176. The average molecular weight is 790 g/mol. The van der Waals surface area contributed by atoms with Crippen molar-refractivity contribution in [3.63, 3.8) is 0 Å². The zero-order chi connectivity index (χ0) is 40.9. The molecule has 0 atom stereocenters. The normalized spacial score (nSPS) is 11.4. The quantitative estimate of drug-likeness (QED) is 0.0830. The van der Waals surface area contributed by atoms with Gasteiger partial charge in [-0.25, -0.2) is 52.7 Å². The van der Waals surface area contributed by atoms with Crippen LogP contribution in [0.4, 0.5) is 52.7 Å². The molecule has 0 aliphatic rings. The molecule has 0 aliphatic heterocycles. The lowest BCUT2D eigenvalue weighted by atomic mass is 9.12. The van der Waals surface area contributed by atoms with Gasteiger partial charge in [0, 0.05) is 35.4 Å². The first kappa shape index (κ1) is 41.7. The lowest BCUT2D eigenvalue weighted by Gasteiger charge is -2.44. The maximum Gasteiger partial charge on any atom is 0.158 e. The SMILES string of the molecule is CCc1ccccc1C[NH2+]Cc1ccccc1CC.Fc1cc(F)c(F)c([B-](c2cc(F)cc(F)c2F)(c2cc(F)cc(F)c2F)c2cc(F)cc(F)c2F)c1. The van der Waals surface area contributed by atoms with E-state index in [1.165, 1.54) is 22.3 Å². The first-order valence-electron chi connectivity index (χ1n) is 17.3. The van der Waals surface area contributed by atoms with Crippen LogP contribution in [0.2, 0.25) is 0 Å². The van der Waals surface area contributed by atoms with Gasteiger partial charge in [-0.15, -0.1) is 0 Å². The van der Waals surface area contributed by atoms with Gasteiger partial charge in [0.1, 0.15) is 65.8 Å². The highest BCUT2D eigenvalue weighted by Crippen LogP contribution is 2.23. The summed E-state index contributed by atoms with van der Waals surface area (Å²) in [5, 5.41) is 2.41. The average Bonchev–Trinajstić information content (AvgIpc) is 3.16. The van der Waals surface area contributed by atoms with Crippen molar-refractivity contribution in [3.05, 3.63) is 189 Å². The summed E-state index contributed by atoms with van der Waals surface area (Å²) in [6.45, 7) is 6.60. The Morgan fingerprint density at radius 1 is 0.375 bits per heavy atom. The molecule has 14 heteroatoms. The van der Waals surface area contributed by atoms with E-state index in [4.69, 9.17) is 0 Å². The lowest BCUT2D eigenvalue weighted by molar-refractivity contribution is -0.686. The maximum atomic E-state index is 15.3. The van der Waals surface area contributed by atoms with Gasteiger partial charge in [0.05, 0.1) is 0 Å². The summed E-state index contributed by atoms with van der Waals surface area (Å²) in [6.07, 6.45) is -2.65. The number of hydrogen-bond donors (Lipinski definition) is 1. The highest BCUT2D eigenvalue weighted by molar-refractivity contribution is 7.20. The number of quaternary nitrogens is 1. The molecule has 0 bridgehead atoms. The van der Waals surface area contributed by atoms with E-state index in [1.54, 1.807) is 0 Å². The zero-order valence-corrected chi connectivity index (χ0v) is 29.8. The van der Waals surface area contributed by atoms with Crippen LogP contribution in [0.5, 0.6) is 0 Å². The fourth-order valence-electron chi connectivity index (χ4n) is 7.16. The van der Waals surface area contributed by atoms with E-state index in [0.29, 0.717) is 0 Å². The van der Waals surface area contributed by atoms with E-state index >= 15 is 17.6 Å². The fraction of sp³-hybridized carbons (Fsp3) is 0.143. The molecule has 0 unspecified atom stereocenters. The van der Waals surface area contributed by atoms with Gasteiger partial charge in [0.15, 0.2) is 23.3 Å². The number of hydrogen-bond acceptors (Lipinski definition) is 0. The van der Waals surface area contributed by atoms with Crippen LogP contribution < -0.4 is 27.2 Å². The smallest absolute Gasteiger partial charge is 0.158 e. The van der Waals surface area contributed by atoms with Crippen molar-refractivity contribution in [1.29, 1.82) is 0 Å². The molecule has 0 saturated carbocycles. The third kappa shape index (κ3) is 8.35. The largest absolute Gasteiger partial charge is 0.339 e. The van der Waals surface area contributed by atoms with Gasteiger partial charge in [-0.2, -0.15) is 21.9 Å². The van der Waals surface area contributed by atoms with Gasteiger partial charge in [-0.3, -0.25) is 0 Å². The zero-order valence-electron chi connectivity index (χ0n) is 29.8. The molecule has 2 N–H and O–H groups in total. The van der Waals surface area contributed by atoms with Crippen molar-refractivity contribution in [3.8, 4) is 0 Å². The molecule has 0 heterocycles. The summed E-state index contributed by atoms with van der Waals surface area (Å²) in [4.78, 5) is 0. The second-order valence-corrected chi connectivity index (χ2v) is 13.0. The van der Waals surface area contributed by atoms with E-state index in [0.717, 1.165) is 25.9 Å². The number of rotatable bonds is 10. The molecule has 6 aromatic rings. The first-order valence-corrected chi connectivity index (χ1v) is 17.3. The molecule has 0 amide bonds. The van der Waals surface area contributed by atoms with Crippen molar-refractivity contribution >= 4 is 28.0 Å². The molecular weight excluding hydrogens is 757 g/mol. The molecule has 56 heavy (non-hydrogen) atoms. The topological polar surface area (TPSA) is 16.6 Å². The van der Waals surface area contributed by atoms with Crippen LogP contribution in [0.15, 0.2) is 97.1 Å². The third-order valence-corrected chi connectivity index (χ3v) is 9.68. The van der Waals surface area contributed by atoms with Crippen LogP contribution in [0.1, 0.15) is 36.1 Å². The van der Waals surface area contributed by atoms with E-state index in [1.807, 2.05) is 0 Å². The monoisotopic (exact) mass is 789 g/mol. The summed E-state index contributed by atoms with van der Waals surface area (Å²) in [5.41, 5.74) is -0.796. The van der Waals surface area contributed by atoms with Crippen molar-refractivity contribution in [2.45, 2.75) is 39.8 Å². The Morgan fingerprint density at radius 2 is 0.625 bits per heavy atom. The Labute approximate surface area is 314 Å². The van der Waals surface area contributed by atoms with E-state index in [2.05, 4.69) is 67.7 Å². The van der Waals surface area contributed by atoms with Crippen LogP contribution in [0.25, 0.3) is 0 Å². The molecular formula is C42H32BF12N. The minimum Gasteiger partial charge on any atom is -0.339 e. The molecule has 0 radical (unpaired) electrons. The second-order valence-electron chi connectivity index (χ2n) is 13.0. The van der Waals surface area contributed by atoms with Crippen LogP contribution in [0.3, 0.4) is 0 Å². The van der Waals surface area contributed by atoms with Crippen LogP contribution in [-0.4, -0.2) is 6.15 Å². The van der Waals surface area contributed by atoms with Crippen LogP contribution in [-0.2, 0) is 25.9 Å². The molecule has 1 nitrogen and oxygen atoms in total. The van der Waals surface area contributed by atoms with Gasteiger partial charge < -0.3 is 5.32 Å². The Bertz CT molecular complexity index is 2100. The van der Waals surface area contributed by atoms with Crippen LogP contribution in [0, 0.1) is 69.8 Å². The molecule has 6 aromatic carbocycles. The van der Waals surface area contributed by atoms with Crippen molar-refractivity contribution < 1.29 is 58.0 Å². The van der Waals surface area contributed by atoms with Gasteiger partial charge in [-0.1, -0.05) is 86.6 Å². The molecule has 0 saturated heterocycles. The lowest BCUT2D eigenvalue weighted by Crippen LogP contribution is -2.81. The maximum absolute atomic E-state index is 15.3. The highest BCUT2D eigenvalue weighted by Gasteiger charge is 2.43. The Hall–Kier alpha value is -5.50. The summed E-state index contributed by atoms with van der Waals surface area (Å²) in [6, 6.07) is 17.1. The molecule has 292 valence electrons. The Balaban J connectivity index is 0.000000265. The van der Waals surface area contributed by atoms with Crippen molar-refractivity contribution in [2.24, 2.45) is 0 Å². The number of nitrogens with two attached hydrogens (primary N) is 1. The molecule has 0 aliphatic carbocycles. The summed E-state index contributed by atoms with van der Waals surface area (Å²) >= 11 is 0. The third-order valence-electron chi connectivity index (χ3n) is 9.68. The fourth-order valence-corrected chi connectivity index (χ4v) is 7.16. The molecule has 6 rings (SSSR count). The van der Waals surface area contributed by atoms with E-state index in [9.17, 15) is 35.1 Å². The van der Waals surface area contributed by atoms with Crippen molar-refractivity contribution in [1.82, 2.24) is 0 Å². The summed E-state index contributed by atoms with van der Waals surface area (Å²) in [5.74, 6) is -24.2. The molecule has 0 spiro atoms. The van der Waals surface area contributed by atoms with Gasteiger partial charge in [0.25, 0.3) is 0 Å². The predicted molar refractivity (Wildman–Crippen MR) is 191 cm³/mol. The van der Waals surface area contributed by atoms with Gasteiger partial charge in [0.2, 0.25) is 0 Å². The number of benzene rings is 6. The Kier molecular flexibility index (Phi) is 13.0. The van der Waals surface area contributed by atoms with Crippen molar-refractivity contribution in [2.75, 3.05) is 0 Å². The standard InChI is InChI=1S/C24H8BF12.C18H23N/c26-9-1-13(21(34)17(30)5-9)25(14-2-10(27)6-18(31)22(14)35,15-3-11(28)7-19(32)23(15)36)16-4-12(29)8-20(33)24(16)37;1-3-15-9-5-7-11-17(15)13-19-14-18-12-8-6-10-16(18)4-2/h1-8H;5-12,19H,3-4,13-14H2,1-2H3/q-1;/p+1. The highest BCUT2D eigenvalue weighted by atomic mass is 19.2. The number of halogens is 12. The summed E-state index contributed by atoms with van der Waals surface area (Å²) in [7, 11) is 0. The van der Waals surface area contributed by atoms with E-state index in [-0.39, 0.29) is 48.5 Å². The molecule has 0 aromatic heterocycles. The minimum atomic E-state index is -4.89. The number of aryl methyl sites for hydroxylation is 2. The van der Waals surface area contributed by atoms with Gasteiger partial charge in [-0.05, 0) is 24.0 Å². The van der Waals surface area contributed by atoms with Gasteiger partial charge >= 0.3 is 0 Å².